The van der Waals surface area contributed by atoms with Crippen molar-refractivity contribution in [2.24, 2.45) is 7.05 Å². The standard InChI is InChI=1S/C30H29NO6/c1-17(2)14-18-15-19(36-29-20-8-6-7-9-23(20)31(3)30(33)27(18)29)10-11-21-24(34-4)16-25(35-5)22-12-13-26(32)37-28(21)22/h6-14,16,18-19H,15H2,1-5H3/b11-10+/t18-,19+/m1/s1. The maximum Gasteiger partial charge on any atom is 0.336 e. The van der Waals surface area contributed by atoms with E-state index in [9.17, 15) is 9.59 Å². The monoisotopic (exact) mass is 499 g/mol. The van der Waals surface area contributed by atoms with E-state index >= 15 is 0 Å². The van der Waals surface area contributed by atoms with Gasteiger partial charge in [0.2, 0.25) is 0 Å². The summed E-state index contributed by atoms with van der Waals surface area (Å²) in [6, 6.07) is 12.6. The minimum absolute atomic E-state index is 0.0526. The average Bonchev–Trinajstić information content (AvgIpc) is 2.89. The molecule has 0 fully saturated rings. The Balaban J connectivity index is 1.66. The van der Waals surface area contributed by atoms with Crippen LogP contribution < -0.4 is 25.4 Å². The second-order valence-electron chi connectivity index (χ2n) is 9.42. The first-order chi connectivity index (χ1) is 17.8. The van der Waals surface area contributed by atoms with Crippen molar-refractivity contribution in [3.8, 4) is 17.2 Å². The second-order valence-corrected chi connectivity index (χ2v) is 9.42. The average molecular weight is 500 g/mol. The first kappa shape index (κ1) is 24.4. The number of ether oxygens (including phenoxy) is 3. The zero-order valence-corrected chi connectivity index (χ0v) is 21.5. The van der Waals surface area contributed by atoms with Crippen LogP contribution in [0.5, 0.6) is 17.2 Å². The van der Waals surface area contributed by atoms with Crippen LogP contribution in [0.15, 0.2) is 74.2 Å². The number of para-hydroxylation sites is 1. The van der Waals surface area contributed by atoms with Gasteiger partial charge in [0.15, 0.2) is 5.58 Å². The molecule has 0 N–H and O–H groups in total. The molecule has 0 saturated carbocycles. The zero-order valence-electron chi connectivity index (χ0n) is 21.5. The van der Waals surface area contributed by atoms with Gasteiger partial charge in [-0.3, -0.25) is 4.79 Å². The topological polar surface area (TPSA) is 79.9 Å². The molecule has 5 rings (SSSR count). The highest BCUT2D eigenvalue weighted by Gasteiger charge is 2.31. The van der Waals surface area contributed by atoms with Crippen LogP contribution in [0.4, 0.5) is 0 Å². The number of methoxy groups -OCH3 is 2. The van der Waals surface area contributed by atoms with E-state index in [0.29, 0.717) is 45.8 Å². The van der Waals surface area contributed by atoms with E-state index in [2.05, 4.69) is 6.08 Å². The Morgan fingerprint density at radius 3 is 2.51 bits per heavy atom. The van der Waals surface area contributed by atoms with Gasteiger partial charge in [-0.25, -0.2) is 4.79 Å². The number of hydrogen-bond donors (Lipinski definition) is 0. The number of hydrogen-bond acceptors (Lipinski definition) is 6. The van der Waals surface area contributed by atoms with Gasteiger partial charge >= 0.3 is 5.63 Å². The molecule has 2 aromatic heterocycles. The molecule has 1 aliphatic rings. The van der Waals surface area contributed by atoms with Crippen molar-refractivity contribution in [2.45, 2.75) is 32.3 Å². The van der Waals surface area contributed by atoms with Crippen LogP contribution in [0.3, 0.4) is 0 Å². The third-order valence-electron chi connectivity index (χ3n) is 6.74. The summed E-state index contributed by atoms with van der Waals surface area (Å²) in [6.07, 6.45) is 6.16. The Hall–Kier alpha value is -4.26. The van der Waals surface area contributed by atoms with Crippen molar-refractivity contribution < 1.29 is 18.6 Å². The molecule has 7 heteroatoms. The van der Waals surface area contributed by atoms with Gasteiger partial charge in [-0.1, -0.05) is 23.8 Å². The predicted molar refractivity (Wildman–Crippen MR) is 145 cm³/mol. The highest BCUT2D eigenvalue weighted by molar-refractivity contribution is 5.93. The van der Waals surface area contributed by atoms with Crippen molar-refractivity contribution in [3.05, 3.63) is 92.1 Å². The Labute approximate surface area is 214 Å². The molecular formula is C30H29NO6. The van der Waals surface area contributed by atoms with Crippen LogP contribution in [0, 0.1) is 0 Å². The van der Waals surface area contributed by atoms with Crippen molar-refractivity contribution in [3.63, 3.8) is 0 Å². The SMILES string of the molecule is COc1cc(OC)c2ccc(=O)oc2c1/C=C/[C@H]1C[C@@H](C=C(C)C)c2c(c3ccccc3n(C)c2=O)O1. The van der Waals surface area contributed by atoms with Crippen LogP contribution in [0.1, 0.15) is 37.3 Å². The van der Waals surface area contributed by atoms with Crippen LogP contribution in [0.2, 0.25) is 0 Å². The predicted octanol–water partition coefficient (Wildman–Crippen LogP) is 5.58. The zero-order chi connectivity index (χ0) is 26.3. The first-order valence-electron chi connectivity index (χ1n) is 12.1. The molecule has 0 radical (unpaired) electrons. The summed E-state index contributed by atoms with van der Waals surface area (Å²) in [4.78, 5) is 25.5. The van der Waals surface area contributed by atoms with E-state index < -0.39 is 5.63 Å². The largest absolute Gasteiger partial charge is 0.496 e. The number of nitrogens with zero attached hydrogens (tertiary/aromatic N) is 1. The summed E-state index contributed by atoms with van der Waals surface area (Å²) in [7, 11) is 4.91. The van der Waals surface area contributed by atoms with Gasteiger partial charge < -0.3 is 23.2 Å². The van der Waals surface area contributed by atoms with Crippen LogP contribution in [-0.2, 0) is 7.05 Å². The van der Waals surface area contributed by atoms with E-state index in [0.717, 1.165) is 16.5 Å². The Kier molecular flexibility index (Phi) is 6.38. The molecule has 3 heterocycles. The van der Waals surface area contributed by atoms with Crippen LogP contribution in [0.25, 0.3) is 27.9 Å². The maximum atomic E-state index is 13.4. The second kappa shape index (κ2) is 9.65. The molecule has 0 unspecified atom stereocenters. The highest BCUT2D eigenvalue weighted by Crippen LogP contribution is 2.41. The summed E-state index contributed by atoms with van der Waals surface area (Å²) < 4.78 is 24.8. The maximum absolute atomic E-state index is 13.4. The third kappa shape index (κ3) is 4.31. The molecule has 190 valence electrons. The van der Waals surface area contributed by atoms with E-state index in [1.165, 1.54) is 6.07 Å². The van der Waals surface area contributed by atoms with Gasteiger partial charge in [-0.05, 0) is 50.6 Å². The summed E-state index contributed by atoms with van der Waals surface area (Å²) in [5, 5.41) is 1.55. The lowest BCUT2D eigenvalue weighted by Gasteiger charge is -2.30. The molecule has 37 heavy (non-hydrogen) atoms. The van der Waals surface area contributed by atoms with Crippen molar-refractivity contribution in [1.29, 1.82) is 0 Å². The summed E-state index contributed by atoms with van der Waals surface area (Å²) in [5.74, 6) is 1.55. The molecule has 0 spiro atoms. The molecule has 4 aromatic rings. The number of benzene rings is 2. The molecule has 0 amide bonds. The number of aromatic nitrogens is 1. The first-order valence-corrected chi connectivity index (χ1v) is 12.1. The van der Waals surface area contributed by atoms with Gasteiger partial charge in [0, 0.05) is 30.5 Å². The normalized spacial score (nSPS) is 17.0. The van der Waals surface area contributed by atoms with Crippen LogP contribution in [-0.4, -0.2) is 24.9 Å². The number of fused-ring (bicyclic) bond motifs is 4. The van der Waals surface area contributed by atoms with Crippen LogP contribution >= 0.6 is 0 Å². The van der Waals surface area contributed by atoms with Crippen molar-refractivity contribution >= 4 is 27.9 Å². The Morgan fingerprint density at radius 2 is 1.78 bits per heavy atom. The van der Waals surface area contributed by atoms with E-state index in [4.69, 9.17) is 18.6 Å². The smallest absolute Gasteiger partial charge is 0.336 e. The molecule has 7 nitrogen and oxygen atoms in total. The van der Waals surface area contributed by atoms with Gasteiger partial charge in [0.05, 0.1) is 36.2 Å². The third-order valence-corrected chi connectivity index (χ3v) is 6.74. The minimum Gasteiger partial charge on any atom is -0.496 e. The van der Waals surface area contributed by atoms with E-state index in [-0.39, 0.29) is 17.6 Å². The summed E-state index contributed by atoms with van der Waals surface area (Å²) >= 11 is 0. The fraction of sp³-hybridized carbons (Fsp3) is 0.267. The minimum atomic E-state index is -0.466. The lowest BCUT2D eigenvalue weighted by Crippen LogP contribution is -2.32. The fourth-order valence-electron chi connectivity index (χ4n) is 5.08. The van der Waals surface area contributed by atoms with Gasteiger partial charge in [-0.15, -0.1) is 0 Å². The number of allylic oxidation sites excluding steroid dienone is 2. The molecular weight excluding hydrogens is 470 g/mol. The molecule has 2 atom stereocenters. The van der Waals surface area contributed by atoms with Gasteiger partial charge in [-0.2, -0.15) is 0 Å². The highest BCUT2D eigenvalue weighted by atomic mass is 16.5. The molecule has 0 saturated heterocycles. The number of aryl methyl sites for hydroxylation is 1. The number of pyridine rings is 1. The summed E-state index contributed by atoms with van der Waals surface area (Å²) in [6.45, 7) is 4.06. The Morgan fingerprint density at radius 1 is 1.03 bits per heavy atom. The molecule has 1 aliphatic heterocycles. The fourth-order valence-corrected chi connectivity index (χ4v) is 5.08. The Bertz CT molecular complexity index is 1690. The molecule has 0 bridgehead atoms. The van der Waals surface area contributed by atoms with Gasteiger partial charge in [0.1, 0.15) is 23.4 Å². The molecule has 2 aromatic carbocycles. The van der Waals surface area contributed by atoms with Crippen molar-refractivity contribution in [1.82, 2.24) is 4.57 Å². The lowest BCUT2D eigenvalue weighted by atomic mass is 9.87. The van der Waals surface area contributed by atoms with Gasteiger partial charge in [0.25, 0.3) is 5.56 Å². The molecule has 0 aliphatic carbocycles. The quantitative estimate of drug-likeness (QED) is 0.264. The summed E-state index contributed by atoms with van der Waals surface area (Å²) in [5.41, 5.74) is 3.08. The van der Waals surface area contributed by atoms with Crippen molar-refractivity contribution in [2.75, 3.05) is 14.2 Å². The lowest BCUT2D eigenvalue weighted by molar-refractivity contribution is 0.212. The number of rotatable bonds is 5. The van der Waals surface area contributed by atoms with E-state index in [1.807, 2.05) is 50.3 Å². The van der Waals surface area contributed by atoms with E-state index in [1.54, 1.807) is 38.0 Å².